The molecule has 1 aliphatic carbocycles. The zero-order valence-corrected chi connectivity index (χ0v) is 16.2. The number of nitrogens with one attached hydrogen (secondary N) is 1. The van der Waals surface area contributed by atoms with Gasteiger partial charge in [-0.25, -0.2) is 0 Å². The van der Waals surface area contributed by atoms with E-state index in [1.807, 2.05) is 0 Å². The number of carbonyl (C=O) groups excluding carboxylic acids is 1. The first-order valence-corrected chi connectivity index (χ1v) is 10.1. The van der Waals surface area contributed by atoms with Crippen LogP contribution in [-0.2, 0) is 27.2 Å². The highest BCUT2D eigenvalue weighted by molar-refractivity contribution is 5.77. The molecule has 1 amide bonds. The highest BCUT2D eigenvalue weighted by Crippen LogP contribution is 2.35. The average molecular weight is 374 g/mol. The summed E-state index contributed by atoms with van der Waals surface area (Å²) in [6.07, 6.45) is 5.26. The Labute approximate surface area is 161 Å². The second-order valence-corrected chi connectivity index (χ2v) is 7.96. The highest BCUT2D eigenvalue weighted by Gasteiger charge is 2.45. The molecule has 1 saturated heterocycles. The molecule has 1 saturated carbocycles. The molecule has 4 rings (SSSR count). The van der Waals surface area contributed by atoms with Crippen LogP contribution in [0.25, 0.3) is 0 Å². The minimum atomic E-state index is -0.278. The molecular weight excluding hydrogens is 344 g/mol. The van der Waals surface area contributed by atoms with E-state index in [9.17, 15) is 4.79 Å². The fraction of sp³-hybridized carbons (Fsp3) is 0.667. The fourth-order valence-electron chi connectivity index (χ4n) is 4.76. The standard InChI is InChI=1S/C21H30N2O4/c1-25-14-20(24)22-19-4-2-3-8-21(19)15-23(9-11-27-21)13-16-5-6-18-17(12-16)7-10-26-18/h5-6,12,19H,2-4,7-11,13-15H2,1H3,(H,22,24)/t19-,21+/m0/s1. The molecule has 148 valence electrons. The first-order chi connectivity index (χ1) is 13.2. The lowest BCUT2D eigenvalue weighted by Gasteiger charge is -2.49. The minimum absolute atomic E-state index is 0.0527. The largest absolute Gasteiger partial charge is 0.493 e. The molecule has 2 atom stereocenters. The molecule has 0 radical (unpaired) electrons. The molecule has 1 N–H and O–H groups in total. The molecule has 1 aromatic rings. The molecule has 27 heavy (non-hydrogen) atoms. The number of ether oxygens (including phenoxy) is 3. The minimum Gasteiger partial charge on any atom is -0.493 e. The summed E-state index contributed by atoms with van der Waals surface area (Å²) in [5, 5.41) is 3.17. The van der Waals surface area contributed by atoms with E-state index in [-0.39, 0.29) is 24.2 Å². The molecule has 2 aliphatic heterocycles. The van der Waals surface area contributed by atoms with Gasteiger partial charge in [0, 0.05) is 33.2 Å². The van der Waals surface area contributed by atoms with Crippen molar-refractivity contribution >= 4 is 5.91 Å². The van der Waals surface area contributed by atoms with Crippen molar-refractivity contribution in [2.75, 3.05) is 40.0 Å². The Morgan fingerprint density at radius 2 is 2.30 bits per heavy atom. The number of morpholine rings is 1. The summed E-state index contributed by atoms with van der Waals surface area (Å²) in [7, 11) is 1.55. The number of methoxy groups -OCH3 is 1. The SMILES string of the molecule is COCC(=O)N[C@H]1CCCC[C@@]12CN(Cc1ccc3c(c1)CCO3)CCO2. The Kier molecular flexibility index (Phi) is 5.66. The normalized spacial score (nSPS) is 28.0. The Hall–Kier alpha value is -1.63. The Morgan fingerprint density at radius 1 is 1.37 bits per heavy atom. The number of carbonyl (C=O) groups is 1. The molecule has 0 unspecified atom stereocenters. The highest BCUT2D eigenvalue weighted by atomic mass is 16.5. The summed E-state index contributed by atoms with van der Waals surface area (Å²) in [6, 6.07) is 6.61. The second kappa shape index (κ2) is 8.17. The molecular formula is C21H30N2O4. The maximum Gasteiger partial charge on any atom is 0.246 e. The predicted octanol–water partition coefficient (Wildman–Crippen LogP) is 1.90. The van der Waals surface area contributed by atoms with Crippen molar-refractivity contribution in [2.45, 2.75) is 50.3 Å². The lowest BCUT2D eigenvalue weighted by molar-refractivity contribution is -0.152. The Bertz CT molecular complexity index is 676. The summed E-state index contributed by atoms with van der Waals surface area (Å²) in [6.45, 7) is 4.31. The van der Waals surface area contributed by atoms with E-state index in [1.165, 1.54) is 11.1 Å². The Morgan fingerprint density at radius 3 is 3.19 bits per heavy atom. The van der Waals surface area contributed by atoms with E-state index >= 15 is 0 Å². The first kappa shape index (κ1) is 18.7. The van der Waals surface area contributed by atoms with Crippen molar-refractivity contribution in [3.05, 3.63) is 29.3 Å². The van der Waals surface area contributed by atoms with Gasteiger partial charge in [0.05, 0.1) is 19.3 Å². The number of nitrogens with zero attached hydrogens (tertiary/aromatic N) is 1. The smallest absolute Gasteiger partial charge is 0.246 e. The molecule has 3 aliphatic rings. The summed E-state index contributed by atoms with van der Waals surface area (Å²) in [5.74, 6) is 0.980. The topological polar surface area (TPSA) is 60.0 Å². The van der Waals surface area contributed by atoms with Crippen LogP contribution in [0.4, 0.5) is 0 Å². The van der Waals surface area contributed by atoms with Crippen molar-refractivity contribution in [3.63, 3.8) is 0 Å². The van der Waals surface area contributed by atoms with Gasteiger partial charge in [-0.1, -0.05) is 25.0 Å². The van der Waals surface area contributed by atoms with Crippen LogP contribution in [0.3, 0.4) is 0 Å². The van der Waals surface area contributed by atoms with Crippen LogP contribution in [0, 0.1) is 0 Å². The summed E-state index contributed by atoms with van der Waals surface area (Å²) in [5.41, 5.74) is 2.37. The van der Waals surface area contributed by atoms with Crippen LogP contribution < -0.4 is 10.1 Å². The van der Waals surface area contributed by atoms with E-state index < -0.39 is 0 Å². The molecule has 6 heteroatoms. The molecule has 2 fully saturated rings. The zero-order valence-electron chi connectivity index (χ0n) is 16.2. The monoisotopic (exact) mass is 374 g/mol. The van der Waals surface area contributed by atoms with Crippen molar-refractivity contribution < 1.29 is 19.0 Å². The molecule has 2 heterocycles. The quantitative estimate of drug-likeness (QED) is 0.853. The van der Waals surface area contributed by atoms with Crippen molar-refractivity contribution in [2.24, 2.45) is 0 Å². The van der Waals surface area contributed by atoms with E-state index in [0.717, 1.165) is 64.1 Å². The zero-order chi connectivity index (χ0) is 18.7. The van der Waals surface area contributed by atoms with Gasteiger partial charge in [0.1, 0.15) is 18.0 Å². The van der Waals surface area contributed by atoms with E-state index in [1.54, 1.807) is 7.11 Å². The third-order valence-corrected chi connectivity index (χ3v) is 6.04. The fourth-order valence-corrected chi connectivity index (χ4v) is 4.76. The van der Waals surface area contributed by atoms with Gasteiger partial charge in [0.25, 0.3) is 0 Å². The number of fused-ring (bicyclic) bond motifs is 1. The third kappa shape index (κ3) is 4.13. The van der Waals surface area contributed by atoms with Gasteiger partial charge in [-0.15, -0.1) is 0 Å². The molecule has 6 nitrogen and oxygen atoms in total. The van der Waals surface area contributed by atoms with Crippen molar-refractivity contribution in [1.82, 2.24) is 10.2 Å². The van der Waals surface area contributed by atoms with Crippen LogP contribution in [0.15, 0.2) is 18.2 Å². The maximum atomic E-state index is 12.1. The number of hydrogen-bond donors (Lipinski definition) is 1. The van der Waals surface area contributed by atoms with E-state index in [4.69, 9.17) is 14.2 Å². The first-order valence-electron chi connectivity index (χ1n) is 10.1. The number of hydrogen-bond acceptors (Lipinski definition) is 5. The molecule has 0 aromatic heterocycles. The average Bonchev–Trinajstić information content (AvgIpc) is 3.12. The lowest BCUT2D eigenvalue weighted by atomic mass is 9.78. The van der Waals surface area contributed by atoms with Gasteiger partial charge in [-0.3, -0.25) is 9.69 Å². The van der Waals surface area contributed by atoms with Gasteiger partial charge >= 0.3 is 0 Å². The lowest BCUT2D eigenvalue weighted by Crippen LogP contribution is -2.64. The Balaban J connectivity index is 1.44. The van der Waals surface area contributed by atoms with Crippen molar-refractivity contribution in [3.8, 4) is 5.75 Å². The van der Waals surface area contributed by atoms with Gasteiger partial charge in [0.2, 0.25) is 5.91 Å². The van der Waals surface area contributed by atoms with Crippen LogP contribution in [-0.4, -0.2) is 62.5 Å². The van der Waals surface area contributed by atoms with Gasteiger partial charge in [-0.2, -0.15) is 0 Å². The van der Waals surface area contributed by atoms with Crippen LogP contribution in [0.1, 0.15) is 36.8 Å². The molecule has 1 aromatic carbocycles. The summed E-state index contributed by atoms with van der Waals surface area (Å²) < 4.78 is 16.9. The van der Waals surface area contributed by atoms with Gasteiger partial charge in [0.15, 0.2) is 0 Å². The van der Waals surface area contributed by atoms with E-state index in [2.05, 4.69) is 28.4 Å². The van der Waals surface area contributed by atoms with E-state index in [0.29, 0.717) is 6.61 Å². The number of amides is 1. The van der Waals surface area contributed by atoms with Crippen LogP contribution in [0.5, 0.6) is 5.75 Å². The van der Waals surface area contributed by atoms with Gasteiger partial charge in [-0.05, 0) is 30.0 Å². The summed E-state index contributed by atoms with van der Waals surface area (Å²) >= 11 is 0. The van der Waals surface area contributed by atoms with Crippen molar-refractivity contribution in [1.29, 1.82) is 0 Å². The second-order valence-electron chi connectivity index (χ2n) is 7.96. The number of benzene rings is 1. The van der Waals surface area contributed by atoms with Crippen LogP contribution in [0.2, 0.25) is 0 Å². The molecule has 1 spiro atoms. The maximum absolute atomic E-state index is 12.1. The van der Waals surface area contributed by atoms with Gasteiger partial charge < -0.3 is 19.5 Å². The third-order valence-electron chi connectivity index (χ3n) is 6.04. The van der Waals surface area contributed by atoms with Crippen LogP contribution >= 0.6 is 0 Å². The summed E-state index contributed by atoms with van der Waals surface area (Å²) in [4.78, 5) is 14.6. The number of rotatable bonds is 5. The molecule has 0 bridgehead atoms. The predicted molar refractivity (Wildman–Crippen MR) is 102 cm³/mol.